The summed E-state index contributed by atoms with van der Waals surface area (Å²) in [5.74, 6) is 1.05. The molecule has 1 unspecified atom stereocenters. The van der Waals surface area contributed by atoms with Gasteiger partial charge in [-0.25, -0.2) is 0 Å². The van der Waals surface area contributed by atoms with Crippen LogP contribution >= 0.6 is 0 Å². The number of hydrogen-bond donors (Lipinski definition) is 2. The summed E-state index contributed by atoms with van der Waals surface area (Å²) < 4.78 is 5.24. The maximum absolute atomic E-state index is 11.6. The molecule has 1 fully saturated rings. The van der Waals surface area contributed by atoms with Gasteiger partial charge in [-0.1, -0.05) is 0 Å². The van der Waals surface area contributed by atoms with Crippen LogP contribution in [0.1, 0.15) is 35.6 Å². The zero-order chi connectivity index (χ0) is 11.4. The van der Waals surface area contributed by atoms with Crippen molar-refractivity contribution in [3.63, 3.8) is 0 Å². The first-order chi connectivity index (χ1) is 7.75. The maximum atomic E-state index is 11.6. The lowest BCUT2D eigenvalue weighted by Gasteiger charge is -2.09. The lowest BCUT2D eigenvalue weighted by Crippen LogP contribution is -2.30. The molecule has 1 aliphatic rings. The topological polar surface area (TPSA) is 54.3 Å². The molecule has 1 aromatic rings. The van der Waals surface area contributed by atoms with Gasteiger partial charge in [0.15, 0.2) is 5.76 Å². The maximum Gasteiger partial charge on any atom is 0.286 e. The highest BCUT2D eigenvalue weighted by Crippen LogP contribution is 2.08. The predicted molar refractivity (Wildman–Crippen MR) is 61.4 cm³/mol. The molecule has 1 saturated heterocycles. The van der Waals surface area contributed by atoms with Crippen LogP contribution in [0.15, 0.2) is 16.5 Å². The second-order valence-corrected chi connectivity index (χ2v) is 4.25. The van der Waals surface area contributed by atoms with E-state index in [1.165, 1.54) is 12.8 Å². The Morgan fingerprint density at radius 2 is 2.50 bits per heavy atom. The smallest absolute Gasteiger partial charge is 0.286 e. The van der Waals surface area contributed by atoms with Crippen molar-refractivity contribution in [2.75, 3.05) is 13.1 Å². The normalized spacial score (nSPS) is 19.9. The van der Waals surface area contributed by atoms with Crippen LogP contribution in [0.2, 0.25) is 0 Å². The van der Waals surface area contributed by atoms with Gasteiger partial charge in [-0.2, -0.15) is 0 Å². The van der Waals surface area contributed by atoms with Gasteiger partial charge in [0.2, 0.25) is 0 Å². The van der Waals surface area contributed by atoms with Crippen LogP contribution in [0.25, 0.3) is 0 Å². The zero-order valence-corrected chi connectivity index (χ0v) is 9.58. The van der Waals surface area contributed by atoms with Crippen molar-refractivity contribution in [1.82, 2.24) is 10.6 Å². The van der Waals surface area contributed by atoms with E-state index >= 15 is 0 Å². The van der Waals surface area contributed by atoms with Crippen LogP contribution in [0.4, 0.5) is 0 Å². The third-order valence-electron chi connectivity index (χ3n) is 2.90. The number of nitrogens with one attached hydrogen (secondary N) is 2. The summed E-state index contributed by atoms with van der Waals surface area (Å²) in [6.45, 7) is 3.64. The fourth-order valence-corrected chi connectivity index (χ4v) is 2.01. The van der Waals surface area contributed by atoms with E-state index in [9.17, 15) is 4.79 Å². The summed E-state index contributed by atoms with van der Waals surface area (Å²) in [6, 6.07) is 4.07. The molecular formula is C12H18N2O2. The summed E-state index contributed by atoms with van der Waals surface area (Å²) in [6.07, 6.45) is 3.46. The molecule has 4 nitrogen and oxygen atoms in total. The predicted octanol–water partition coefficient (Wildman–Crippen LogP) is 1.46. The minimum absolute atomic E-state index is 0.119. The Morgan fingerprint density at radius 3 is 3.12 bits per heavy atom. The number of furan rings is 1. The third kappa shape index (κ3) is 2.85. The van der Waals surface area contributed by atoms with E-state index in [4.69, 9.17) is 4.42 Å². The van der Waals surface area contributed by atoms with E-state index in [0.717, 1.165) is 18.7 Å². The van der Waals surface area contributed by atoms with E-state index in [0.29, 0.717) is 18.3 Å². The minimum Gasteiger partial charge on any atom is -0.456 e. The number of rotatable bonds is 4. The molecule has 1 atom stereocenters. The van der Waals surface area contributed by atoms with E-state index in [2.05, 4.69) is 10.6 Å². The molecular weight excluding hydrogens is 204 g/mol. The molecule has 2 rings (SSSR count). The first kappa shape index (κ1) is 11.2. The Kier molecular flexibility index (Phi) is 3.62. The molecule has 1 aliphatic heterocycles. The molecule has 2 heterocycles. The Hall–Kier alpha value is -1.29. The van der Waals surface area contributed by atoms with E-state index < -0.39 is 0 Å². The highest BCUT2D eigenvalue weighted by atomic mass is 16.3. The van der Waals surface area contributed by atoms with Crippen LogP contribution in [0, 0.1) is 6.92 Å². The van der Waals surface area contributed by atoms with Gasteiger partial charge in [0.1, 0.15) is 5.76 Å². The van der Waals surface area contributed by atoms with Gasteiger partial charge in [0.05, 0.1) is 0 Å². The van der Waals surface area contributed by atoms with Gasteiger partial charge >= 0.3 is 0 Å². The molecule has 2 N–H and O–H groups in total. The molecule has 0 spiro atoms. The Balaban J connectivity index is 1.71. The molecule has 1 amide bonds. The SMILES string of the molecule is Cc1ccc(C(=O)NCCC2CCCN2)o1. The number of carbonyl (C=O) groups is 1. The molecule has 88 valence electrons. The van der Waals surface area contributed by atoms with Crippen LogP contribution in [0.5, 0.6) is 0 Å². The summed E-state index contributed by atoms with van der Waals surface area (Å²) >= 11 is 0. The largest absolute Gasteiger partial charge is 0.456 e. The van der Waals surface area contributed by atoms with Crippen molar-refractivity contribution >= 4 is 5.91 Å². The van der Waals surface area contributed by atoms with Gasteiger partial charge in [-0.05, 0) is 44.9 Å². The summed E-state index contributed by atoms with van der Waals surface area (Å²) in [5.41, 5.74) is 0. The highest BCUT2D eigenvalue weighted by Gasteiger charge is 2.14. The van der Waals surface area contributed by atoms with Crippen molar-refractivity contribution in [1.29, 1.82) is 0 Å². The lowest BCUT2D eigenvalue weighted by atomic mass is 10.1. The third-order valence-corrected chi connectivity index (χ3v) is 2.90. The molecule has 0 aliphatic carbocycles. The van der Waals surface area contributed by atoms with Crippen LogP contribution in [0.3, 0.4) is 0 Å². The van der Waals surface area contributed by atoms with Gasteiger partial charge in [-0.3, -0.25) is 4.79 Å². The second-order valence-electron chi connectivity index (χ2n) is 4.25. The van der Waals surface area contributed by atoms with Crippen molar-refractivity contribution < 1.29 is 9.21 Å². The second kappa shape index (κ2) is 5.16. The molecule has 16 heavy (non-hydrogen) atoms. The van der Waals surface area contributed by atoms with Crippen LogP contribution in [-0.2, 0) is 0 Å². The van der Waals surface area contributed by atoms with E-state index in [-0.39, 0.29) is 5.91 Å². The Labute approximate surface area is 95.4 Å². The van der Waals surface area contributed by atoms with Crippen molar-refractivity contribution in [2.24, 2.45) is 0 Å². The monoisotopic (exact) mass is 222 g/mol. The highest BCUT2D eigenvalue weighted by molar-refractivity contribution is 5.91. The van der Waals surface area contributed by atoms with Crippen molar-refractivity contribution in [2.45, 2.75) is 32.2 Å². The first-order valence-corrected chi connectivity index (χ1v) is 5.84. The fraction of sp³-hybridized carbons (Fsp3) is 0.583. The fourth-order valence-electron chi connectivity index (χ4n) is 2.01. The zero-order valence-electron chi connectivity index (χ0n) is 9.58. The average molecular weight is 222 g/mol. The standard InChI is InChI=1S/C12H18N2O2/c1-9-4-5-11(16-9)12(15)14-8-6-10-3-2-7-13-10/h4-5,10,13H,2-3,6-8H2,1H3,(H,14,15). The van der Waals surface area contributed by atoms with Gasteiger partial charge in [0, 0.05) is 12.6 Å². The van der Waals surface area contributed by atoms with E-state index in [1.807, 2.05) is 6.92 Å². The first-order valence-electron chi connectivity index (χ1n) is 5.84. The van der Waals surface area contributed by atoms with Crippen LogP contribution in [-0.4, -0.2) is 25.0 Å². The number of aryl methyl sites for hydroxylation is 1. The van der Waals surface area contributed by atoms with Crippen molar-refractivity contribution in [3.8, 4) is 0 Å². The Morgan fingerprint density at radius 1 is 1.62 bits per heavy atom. The molecule has 0 aromatic carbocycles. The summed E-state index contributed by atoms with van der Waals surface area (Å²) in [7, 11) is 0. The van der Waals surface area contributed by atoms with Crippen molar-refractivity contribution in [3.05, 3.63) is 23.7 Å². The van der Waals surface area contributed by atoms with Gasteiger partial charge in [-0.15, -0.1) is 0 Å². The average Bonchev–Trinajstić information content (AvgIpc) is 2.89. The molecule has 1 aromatic heterocycles. The number of hydrogen-bond acceptors (Lipinski definition) is 3. The lowest BCUT2D eigenvalue weighted by molar-refractivity contribution is 0.0923. The molecule has 4 heteroatoms. The molecule has 0 radical (unpaired) electrons. The quantitative estimate of drug-likeness (QED) is 0.811. The number of amides is 1. The van der Waals surface area contributed by atoms with Crippen LogP contribution < -0.4 is 10.6 Å². The van der Waals surface area contributed by atoms with Gasteiger partial charge < -0.3 is 15.1 Å². The van der Waals surface area contributed by atoms with Gasteiger partial charge in [0.25, 0.3) is 5.91 Å². The number of carbonyl (C=O) groups excluding carboxylic acids is 1. The van der Waals surface area contributed by atoms with E-state index in [1.54, 1.807) is 12.1 Å². The summed E-state index contributed by atoms with van der Waals surface area (Å²) in [5, 5.41) is 6.27. The minimum atomic E-state index is -0.119. The molecule has 0 saturated carbocycles. The molecule has 0 bridgehead atoms. The summed E-state index contributed by atoms with van der Waals surface area (Å²) in [4.78, 5) is 11.6. The Bertz CT molecular complexity index is 354.